The zero-order chi connectivity index (χ0) is 17.6. The summed E-state index contributed by atoms with van der Waals surface area (Å²) in [6.07, 6.45) is 4.04. The second-order valence-electron chi connectivity index (χ2n) is 7.36. The van der Waals surface area contributed by atoms with Crippen LogP contribution in [0, 0.1) is 5.92 Å². The number of anilines is 1. The molecule has 1 heterocycles. The van der Waals surface area contributed by atoms with Crippen LogP contribution in [0.25, 0.3) is 0 Å². The van der Waals surface area contributed by atoms with Crippen molar-refractivity contribution in [2.75, 3.05) is 17.1 Å². The Kier molecular flexibility index (Phi) is 4.36. The minimum atomic E-state index is -3.26. The van der Waals surface area contributed by atoms with Gasteiger partial charge in [0.05, 0.1) is 11.9 Å². The van der Waals surface area contributed by atoms with E-state index in [0.717, 1.165) is 18.4 Å². The fourth-order valence-electron chi connectivity index (χ4n) is 3.36. The van der Waals surface area contributed by atoms with Gasteiger partial charge in [-0.2, -0.15) is 0 Å². The molecule has 132 valence electrons. The number of carbonyl (C=O) groups excluding carboxylic acids is 1. The highest BCUT2D eigenvalue weighted by Gasteiger charge is 2.37. The summed E-state index contributed by atoms with van der Waals surface area (Å²) in [5.41, 5.74) is 2.33. The molecule has 0 saturated heterocycles. The predicted molar refractivity (Wildman–Crippen MR) is 95.8 cm³/mol. The van der Waals surface area contributed by atoms with E-state index in [1.54, 1.807) is 12.1 Å². The molecule has 0 N–H and O–H groups in total. The number of nitrogens with zero attached hydrogens (tertiary/aromatic N) is 2. The number of hydrogen-bond acceptors (Lipinski definition) is 3. The molecule has 0 bridgehead atoms. The first-order chi connectivity index (χ1) is 11.2. The van der Waals surface area contributed by atoms with Crippen molar-refractivity contribution in [3.05, 3.63) is 29.3 Å². The average molecular weight is 350 g/mol. The van der Waals surface area contributed by atoms with E-state index < -0.39 is 10.0 Å². The Labute approximate surface area is 144 Å². The van der Waals surface area contributed by atoms with Gasteiger partial charge in [-0.25, -0.2) is 8.42 Å². The minimum Gasteiger partial charge on any atom is -0.333 e. The van der Waals surface area contributed by atoms with Crippen LogP contribution in [0.3, 0.4) is 0 Å². The van der Waals surface area contributed by atoms with Gasteiger partial charge >= 0.3 is 0 Å². The molecule has 5 nitrogen and oxygen atoms in total. The van der Waals surface area contributed by atoms with Gasteiger partial charge in [-0.05, 0) is 55.9 Å². The van der Waals surface area contributed by atoms with E-state index in [4.69, 9.17) is 0 Å². The van der Waals surface area contributed by atoms with Gasteiger partial charge < -0.3 is 4.90 Å². The van der Waals surface area contributed by atoms with Gasteiger partial charge in [0.1, 0.15) is 0 Å². The van der Waals surface area contributed by atoms with Crippen LogP contribution < -0.4 is 4.31 Å². The minimum absolute atomic E-state index is 0.0688. The largest absolute Gasteiger partial charge is 0.333 e. The SMILES string of the molecule is CC(C)[C@@H](C)N(C(=O)c1ccc2c(c1)CCN2S(C)(=O)=O)C1CC1. The molecule has 1 aliphatic heterocycles. The van der Waals surface area contributed by atoms with E-state index in [1.165, 1.54) is 10.6 Å². The Morgan fingerprint density at radius 1 is 1.25 bits per heavy atom. The molecule has 2 aliphatic rings. The van der Waals surface area contributed by atoms with Crippen molar-refractivity contribution in [2.24, 2.45) is 5.92 Å². The fourth-order valence-corrected chi connectivity index (χ4v) is 4.31. The topological polar surface area (TPSA) is 57.7 Å². The van der Waals surface area contributed by atoms with E-state index in [-0.39, 0.29) is 11.9 Å². The van der Waals surface area contributed by atoms with Gasteiger partial charge in [0, 0.05) is 24.2 Å². The second kappa shape index (κ2) is 6.06. The lowest BCUT2D eigenvalue weighted by molar-refractivity contribution is 0.0628. The number of amides is 1. The normalized spacial score (nSPS) is 18.6. The Balaban J connectivity index is 1.89. The molecular formula is C18H26N2O3S. The number of sulfonamides is 1. The molecule has 24 heavy (non-hydrogen) atoms. The average Bonchev–Trinajstić information content (AvgIpc) is 3.23. The molecule has 3 rings (SSSR count). The van der Waals surface area contributed by atoms with Crippen LogP contribution in [0.1, 0.15) is 49.5 Å². The van der Waals surface area contributed by atoms with Gasteiger partial charge in [-0.15, -0.1) is 0 Å². The molecule has 1 atom stereocenters. The van der Waals surface area contributed by atoms with Gasteiger partial charge in [-0.1, -0.05) is 13.8 Å². The third kappa shape index (κ3) is 3.16. The van der Waals surface area contributed by atoms with Crippen LogP contribution in [-0.2, 0) is 16.4 Å². The van der Waals surface area contributed by atoms with Crippen molar-refractivity contribution in [1.82, 2.24) is 4.90 Å². The first-order valence-electron chi connectivity index (χ1n) is 8.63. The summed E-state index contributed by atoms with van der Waals surface area (Å²) in [6, 6.07) is 5.99. The fraction of sp³-hybridized carbons (Fsp3) is 0.611. The zero-order valence-electron chi connectivity index (χ0n) is 14.8. The quantitative estimate of drug-likeness (QED) is 0.820. The molecule has 1 aromatic rings. The summed E-state index contributed by atoms with van der Waals surface area (Å²) in [4.78, 5) is 15.1. The van der Waals surface area contributed by atoms with Crippen molar-refractivity contribution in [3.63, 3.8) is 0 Å². The lowest BCUT2D eigenvalue weighted by Gasteiger charge is -2.32. The second-order valence-corrected chi connectivity index (χ2v) is 9.26. The van der Waals surface area contributed by atoms with Crippen molar-refractivity contribution in [3.8, 4) is 0 Å². The molecule has 6 heteroatoms. The number of carbonyl (C=O) groups is 1. The summed E-state index contributed by atoms with van der Waals surface area (Å²) < 4.78 is 25.1. The Morgan fingerprint density at radius 3 is 2.46 bits per heavy atom. The van der Waals surface area contributed by atoms with Gasteiger partial charge in [0.2, 0.25) is 10.0 Å². The summed E-state index contributed by atoms with van der Waals surface area (Å²) in [7, 11) is -3.26. The van der Waals surface area contributed by atoms with Crippen LogP contribution in [0.15, 0.2) is 18.2 Å². The van der Waals surface area contributed by atoms with Crippen LogP contribution in [0.2, 0.25) is 0 Å². The summed E-state index contributed by atoms with van der Waals surface area (Å²) >= 11 is 0. The van der Waals surface area contributed by atoms with Crippen LogP contribution in [0.5, 0.6) is 0 Å². The highest BCUT2D eigenvalue weighted by atomic mass is 32.2. The first kappa shape index (κ1) is 17.3. The van der Waals surface area contributed by atoms with E-state index in [1.807, 2.05) is 11.0 Å². The van der Waals surface area contributed by atoms with Crippen LogP contribution >= 0.6 is 0 Å². The van der Waals surface area contributed by atoms with E-state index >= 15 is 0 Å². The Bertz CT molecular complexity index is 754. The monoisotopic (exact) mass is 350 g/mol. The van der Waals surface area contributed by atoms with E-state index in [0.29, 0.717) is 36.2 Å². The molecule has 0 spiro atoms. The number of fused-ring (bicyclic) bond motifs is 1. The summed E-state index contributed by atoms with van der Waals surface area (Å²) in [5, 5.41) is 0. The maximum absolute atomic E-state index is 13.0. The van der Waals surface area contributed by atoms with Crippen LogP contribution in [0.4, 0.5) is 5.69 Å². The molecule has 0 radical (unpaired) electrons. The van der Waals surface area contributed by atoms with Crippen molar-refractivity contribution >= 4 is 21.6 Å². The maximum atomic E-state index is 13.0. The van der Waals surface area contributed by atoms with Gasteiger partial charge in [-0.3, -0.25) is 9.10 Å². The maximum Gasteiger partial charge on any atom is 0.254 e. The zero-order valence-corrected chi connectivity index (χ0v) is 15.6. The van der Waals surface area contributed by atoms with Gasteiger partial charge in [0.15, 0.2) is 0 Å². The molecule has 0 unspecified atom stereocenters. The van der Waals surface area contributed by atoms with Gasteiger partial charge in [0.25, 0.3) is 5.91 Å². The lowest BCUT2D eigenvalue weighted by atomic mass is 10.0. The standard InChI is InChI=1S/C18H26N2O3S/c1-12(2)13(3)20(16-6-7-16)18(21)15-5-8-17-14(11-15)9-10-19(17)24(4,22)23/h5,8,11-13,16H,6-7,9-10H2,1-4H3/t13-/m1/s1. The third-order valence-electron chi connectivity index (χ3n) is 5.16. The molecule has 1 fully saturated rings. The molecule has 1 aromatic carbocycles. The first-order valence-corrected chi connectivity index (χ1v) is 10.5. The molecule has 1 saturated carbocycles. The van der Waals surface area contributed by atoms with E-state index in [9.17, 15) is 13.2 Å². The molecular weight excluding hydrogens is 324 g/mol. The van der Waals surface area contributed by atoms with Crippen molar-refractivity contribution in [1.29, 1.82) is 0 Å². The molecule has 0 aromatic heterocycles. The number of hydrogen-bond donors (Lipinski definition) is 0. The lowest BCUT2D eigenvalue weighted by Crippen LogP contribution is -2.43. The highest BCUT2D eigenvalue weighted by Crippen LogP contribution is 2.34. The van der Waals surface area contributed by atoms with Crippen LogP contribution in [-0.4, -0.2) is 44.1 Å². The number of rotatable bonds is 5. The summed E-state index contributed by atoms with van der Waals surface area (Å²) in [5.74, 6) is 0.476. The number of benzene rings is 1. The highest BCUT2D eigenvalue weighted by molar-refractivity contribution is 7.92. The molecule has 1 aliphatic carbocycles. The van der Waals surface area contributed by atoms with Crippen molar-refractivity contribution < 1.29 is 13.2 Å². The summed E-state index contributed by atoms with van der Waals surface area (Å²) in [6.45, 7) is 6.85. The smallest absolute Gasteiger partial charge is 0.254 e. The van der Waals surface area contributed by atoms with E-state index in [2.05, 4.69) is 20.8 Å². The Hall–Kier alpha value is -1.56. The third-order valence-corrected chi connectivity index (χ3v) is 6.34. The van der Waals surface area contributed by atoms with Crippen molar-refractivity contribution in [2.45, 2.75) is 52.1 Å². The predicted octanol–water partition coefficient (Wildman–Crippen LogP) is 2.66. The Morgan fingerprint density at radius 2 is 1.92 bits per heavy atom. The molecule has 1 amide bonds.